The lowest BCUT2D eigenvalue weighted by atomic mass is 9.93. The zero-order valence-corrected chi connectivity index (χ0v) is 12.4. The fraction of sp³-hybridized carbons (Fsp3) is 0.857. The molecule has 0 aromatic heterocycles. The highest BCUT2D eigenvalue weighted by Crippen LogP contribution is 2.17. The number of carbonyl (C=O) groups is 2. The van der Waals surface area contributed by atoms with Crippen LogP contribution < -0.4 is 16.0 Å². The Hall–Kier alpha value is -1.14. The Morgan fingerprint density at radius 3 is 2.45 bits per heavy atom. The summed E-state index contributed by atoms with van der Waals surface area (Å²) < 4.78 is 4.84. The summed E-state index contributed by atoms with van der Waals surface area (Å²) in [7, 11) is 1.59. The maximum Gasteiger partial charge on any atom is 0.221 e. The summed E-state index contributed by atoms with van der Waals surface area (Å²) in [5, 5.41) is 8.83. The predicted molar refractivity (Wildman–Crippen MR) is 77.3 cm³/mol. The molecule has 1 aliphatic rings. The van der Waals surface area contributed by atoms with Gasteiger partial charge in [-0.3, -0.25) is 9.59 Å². The lowest BCUT2D eigenvalue weighted by Gasteiger charge is -2.22. The van der Waals surface area contributed by atoms with Gasteiger partial charge in [-0.05, 0) is 38.3 Å². The number of hydrogen-bond donors (Lipinski definition) is 3. The van der Waals surface area contributed by atoms with Crippen molar-refractivity contribution in [1.82, 2.24) is 16.0 Å². The monoisotopic (exact) mass is 285 g/mol. The first-order valence-electron chi connectivity index (χ1n) is 7.45. The number of nitrogens with one attached hydrogen (secondary N) is 3. The molecule has 0 radical (unpaired) electrons. The van der Waals surface area contributed by atoms with Gasteiger partial charge in [0.2, 0.25) is 11.8 Å². The van der Waals surface area contributed by atoms with E-state index in [1.165, 1.54) is 0 Å². The van der Waals surface area contributed by atoms with Crippen LogP contribution in [0.4, 0.5) is 0 Å². The molecular weight excluding hydrogens is 258 g/mol. The molecule has 0 aliphatic carbocycles. The van der Waals surface area contributed by atoms with E-state index in [1.807, 2.05) is 0 Å². The van der Waals surface area contributed by atoms with E-state index in [-0.39, 0.29) is 11.8 Å². The van der Waals surface area contributed by atoms with Crippen LogP contribution in [-0.2, 0) is 14.3 Å². The zero-order chi connectivity index (χ0) is 14.6. The second kappa shape index (κ2) is 10.6. The normalized spacial score (nSPS) is 15.8. The van der Waals surface area contributed by atoms with Crippen molar-refractivity contribution in [1.29, 1.82) is 0 Å². The molecule has 0 bridgehead atoms. The molecule has 1 fully saturated rings. The van der Waals surface area contributed by atoms with Crippen molar-refractivity contribution in [3.8, 4) is 0 Å². The van der Waals surface area contributed by atoms with Crippen LogP contribution >= 0.6 is 0 Å². The summed E-state index contributed by atoms with van der Waals surface area (Å²) in [5.74, 6) is 0.660. The van der Waals surface area contributed by atoms with Crippen molar-refractivity contribution in [2.24, 2.45) is 5.92 Å². The molecule has 3 N–H and O–H groups in total. The highest BCUT2D eigenvalue weighted by molar-refractivity contribution is 5.78. The third-order valence-electron chi connectivity index (χ3n) is 3.54. The van der Waals surface area contributed by atoms with Crippen LogP contribution in [0.2, 0.25) is 0 Å². The Kier molecular flexibility index (Phi) is 8.98. The molecule has 0 atom stereocenters. The third-order valence-corrected chi connectivity index (χ3v) is 3.54. The van der Waals surface area contributed by atoms with Crippen LogP contribution in [0.15, 0.2) is 0 Å². The first-order valence-corrected chi connectivity index (χ1v) is 7.45. The van der Waals surface area contributed by atoms with Gasteiger partial charge >= 0.3 is 0 Å². The van der Waals surface area contributed by atoms with Crippen LogP contribution in [-0.4, -0.2) is 51.7 Å². The number of hydrogen-bond acceptors (Lipinski definition) is 4. The number of methoxy groups -OCH3 is 1. The Morgan fingerprint density at radius 2 is 1.75 bits per heavy atom. The molecule has 0 aromatic rings. The molecule has 1 saturated heterocycles. The maximum absolute atomic E-state index is 11.6. The van der Waals surface area contributed by atoms with E-state index in [0.717, 1.165) is 32.4 Å². The topological polar surface area (TPSA) is 79.5 Å². The summed E-state index contributed by atoms with van der Waals surface area (Å²) in [4.78, 5) is 23.0. The van der Waals surface area contributed by atoms with E-state index < -0.39 is 0 Å². The summed E-state index contributed by atoms with van der Waals surface area (Å²) in [6.07, 6.45) is 4.16. The van der Waals surface area contributed by atoms with E-state index in [1.54, 1.807) is 7.11 Å². The fourth-order valence-electron chi connectivity index (χ4n) is 2.29. The molecule has 2 amide bonds. The first-order chi connectivity index (χ1) is 9.72. The van der Waals surface area contributed by atoms with Gasteiger partial charge in [-0.25, -0.2) is 0 Å². The van der Waals surface area contributed by atoms with Gasteiger partial charge in [-0.2, -0.15) is 0 Å². The van der Waals surface area contributed by atoms with E-state index in [2.05, 4.69) is 16.0 Å². The van der Waals surface area contributed by atoms with Crippen molar-refractivity contribution in [2.45, 2.75) is 32.1 Å². The van der Waals surface area contributed by atoms with E-state index >= 15 is 0 Å². The minimum atomic E-state index is -0.0549. The molecule has 6 nitrogen and oxygen atoms in total. The largest absolute Gasteiger partial charge is 0.383 e. The van der Waals surface area contributed by atoms with E-state index in [0.29, 0.717) is 38.5 Å². The molecule has 0 spiro atoms. The van der Waals surface area contributed by atoms with E-state index in [4.69, 9.17) is 4.74 Å². The molecule has 1 heterocycles. The van der Waals surface area contributed by atoms with Gasteiger partial charge in [0.15, 0.2) is 0 Å². The average Bonchev–Trinajstić information content (AvgIpc) is 2.46. The van der Waals surface area contributed by atoms with E-state index in [9.17, 15) is 9.59 Å². The van der Waals surface area contributed by atoms with Crippen molar-refractivity contribution >= 4 is 11.8 Å². The SMILES string of the molecule is COCCNC(=O)CCNC(=O)CCC1CCNCC1. The molecule has 0 unspecified atom stereocenters. The van der Waals surface area contributed by atoms with Gasteiger partial charge in [0.05, 0.1) is 6.61 Å². The van der Waals surface area contributed by atoms with Crippen molar-refractivity contribution in [3.63, 3.8) is 0 Å². The standard InChI is InChI=1S/C14H27N3O3/c1-20-11-10-17-14(19)6-9-16-13(18)3-2-12-4-7-15-8-5-12/h12,15H,2-11H2,1H3,(H,16,18)(H,17,19). The van der Waals surface area contributed by atoms with Gasteiger partial charge in [0.1, 0.15) is 0 Å². The lowest BCUT2D eigenvalue weighted by molar-refractivity contribution is -0.122. The number of piperidine rings is 1. The fourth-order valence-corrected chi connectivity index (χ4v) is 2.29. The maximum atomic E-state index is 11.6. The van der Waals surface area contributed by atoms with Crippen molar-refractivity contribution in [3.05, 3.63) is 0 Å². The average molecular weight is 285 g/mol. The van der Waals surface area contributed by atoms with Crippen LogP contribution in [0.25, 0.3) is 0 Å². The van der Waals surface area contributed by atoms with Crippen LogP contribution in [0, 0.1) is 5.92 Å². The smallest absolute Gasteiger partial charge is 0.221 e. The Bertz CT molecular complexity index is 291. The van der Waals surface area contributed by atoms with Gasteiger partial charge in [0, 0.05) is 33.0 Å². The van der Waals surface area contributed by atoms with Gasteiger partial charge in [-0.1, -0.05) is 0 Å². The summed E-state index contributed by atoms with van der Waals surface area (Å²) in [5.41, 5.74) is 0. The molecule has 116 valence electrons. The molecular formula is C14H27N3O3. The first kappa shape index (κ1) is 16.9. The molecule has 20 heavy (non-hydrogen) atoms. The second-order valence-corrected chi connectivity index (χ2v) is 5.17. The van der Waals surface area contributed by atoms with Crippen molar-refractivity contribution < 1.29 is 14.3 Å². The third kappa shape index (κ3) is 8.12. The number of amides is 2. The van der Waals surface area contributed by atoms with Gasteiger partial charge in [-0.15, -0.1) is 0 Å². The van der Waals surface area contributed by atoms with Crippen LogP contribution in [0.3, 0.4) is 0 Å². The molecule has 1 rings (SSSR count). The summed E-state index contributed by atoms with van der Waals surface area (Å²) >= 11 is 0. The molecule has 1 aliphatic heterocycles. The molecule has 0 aromatic carbocycles. The zero-order valence-electron chi connectivity index (χ0n) is 12.4. The van der Waals surface area contributed by atoms with Gasteiger partial charge in [0.25, 0.3) is 0 Å². The summed E-state index contributed by atoms with van der Waals surface area (Å²) in [6.45, 7) is 3.55. The summed E-state index contributed by atoms with van der Waals surface area (Å²) in [6, 6.07) is 0. The Labute approximate surface area is 121 Å². The molecule has 0 saturated carbocycles. The number of ether oxygens (including phenoxy) is 1. The van der Waals surface area contributed by atoms with Crippen molar-refractivity contribution in [2.75, 3.05) is 39.9 Å². The predicted octanol–water partition coefficient (Wildman–Crippen LogP) is 0.0351. The van der Waals surface area contributed by atoms with Crippen LogP contribution in [0.5, 0.6) is 0 Å². The number of rotatable bonds is 9. The quantitative estimate of drug-likeness (QED) is 0.522. The minimum Gasteiger partial charge on any atom is -0.383 e. The highest BCUT2D eigenvalue weighted by Gasteiger charge is 2.14. The molecule has 6 heteroatoms. The Morgan fingerprint density at radius 1 is 1.10 bits per heavy atom. The number of carbonyl (C=O) groups excluding carboxylic acids is 2. The van der Waals surface area contributed by atoms with Gasteiger partial charge < -0.3 is 20.7 Å². The Balaban J connectivity index is 1.97. The van der Waals surface area contributed by atoms with Crippen LogP contribution in [0.1, 0.15) is 32.1 Å². The second-order valence-electron chi connectivity index (χ2n) is 5.17. The highest BCUT2D eigenvalue weighted by atomic mass is 16.5. The minimum absolute atomic E-state index is 0.0493. The lowest BCUT2D eigenvalue weighted by Crippen LogP contribution is -2.32.